The highest BCUT2D eigenvalue weighted by atomic mass is 35.5. The number of hydrogen-bond acceptors (Lipinski definition) is 4. The molecular formula is C20H27ClN2O4S. The third-order valence-electron chi connectivity index (χ3n) is 5.68. The standard InChI is InChI=1S/C20H27ClN2O4S/c1-14-4-3-9-23(13-14)19(24)15-7-10-22(11-8-15)20(25)16-5-6-17(21)18(12-16)28(2,26)27/h5-6,12,14-15H,3-4,7-11,13H2,1-2H3. The molecule has 2 heterocycles. The molecule has 2 fully saturated rings. The lowest BCUT2D eigenvalue weighted by Gasteiger charge is -2.37. The number of amides is 2. The van der Waals surface area contributed by atoms with Crippen molar-refractivity contribution in [1.29, 1.82) is 0 Å². The van der Waals surface area contributed by atoms with Gasteiger partial charge in [-0.25, -0.2) is 8.42 Å². The number of carbonyl (C=O) groups is 2. The van der Waals surface area contributed by atoms with Crippen LogP contribution in [-0.2, 0) is 14.6 Å². The van der Waals surface area contributed by atoms with E-state index in [1.165, 1.54) is 18.6 Å². The largest absolute Gasteiger partial charge is 0.342 e. The Kier molecular flexibility index (Phi) is 6.34. The molecule has 28 heavy (non-hydrogen) atoms. The monoisotopic (exact) mass is 426 g/mol. The van der Waals surface area contributed by atoms with Crippen LogP contribution >= 0.6 is 11.6 Å². The molecule has 1 aromatic rings. The number of halogens is 1. The van der Waals surface area contributed by atoms with E-state index in [4.69, 9.17) is 11.6 Å². The van der Waals surface area contributed by atoms with Gasteiger partial charge in [0, 0.05) is 43.9 Å². The zero-order chi connectivity index (χ0) is 20.5. The minimum absolute atomic E-state index is 0.0360. The van der Waals surface area contributed by atoms with Gasteiger partial charge in [0.25, 0.3) is 5.91 Å². The zero-order valence-electron chi connectivity index (χ0n) is 16.4. The van der Waals surface area contributed by atoms with E-state index in [-0.39, 0.29) is 27.7 Å². The third kappa shape index (κ3) is 4.69. The summed E-state index contributed by atoms with van der Waals surface area (Å²) < 4.78 is 23.7. The maximum Gasteiger partial charge on any atom is 0.253 e. The summed E-state index contributed by atoms with van der Waals surface area (Å²) in [4.78, 5) is 29.2. The first kappa shape index (κ1) is 21.1. The molecule has 8 heteroatoms. The molecule has 1 atom stereocenters. The minimum atomic E-state index is -3.51. The molecule has 0 saturated carbocycles. The van der Waals surface area contributed by atoms with E-state index < -0.39 is 9.84 Å². The quantitative estimate of drug-likeness (QED) is 0.744. The Morgan fingerprint density at radius 3 is 2.36 bits per heavy atom. The van der Waals surface area contributed by atoms with Crippen molar-refractivity contribution in [2.75, 3.05) is 32.4 Å². The highest BCUT2D eigenvalue weighted by molar-refractivity contribution is 7.90. The maximum atomic E-state index is 12.8. The molecule has 0 bridgehead atoms. The summed E-state index contributed by atoms with van der Waals surface area (Å²) >= 11 is 5.96. The fraction of sp³-hybridized carbons (Fsp3) is 0.600. The van der Waals surface area contributed by atoms with E-state index in [1.54, 1.807) is 11.0 Å². The van der Waals surface area contributed by atoms with Crippen LogP contribution in [-0.4, -0.2) is 62.5 Å². The first-order valence-electron chi connectivity index (χ1n) is 9.74. The van der Waals surface area contributed by atoms with Crippen LogP contribution in [0.15, 0.2) is 23.1 Å². The second-order valence-electron chi connectivity index (χ2n) is 8.02. The molecule has 0 spiro atoms. The second-order valence-corrected chi connectivity index (χ2v) is 10.4. The van der Waals surface area contributed by atoms with Crippen LogP contribution < -0.4 is 0 Å². The van der Waals surface area contributed by atoms with E-state index in [0.29, 0.717) is 37.4 Å². The number of nitrogens with zero attached hydrogens (tertiary/aromatic N) is 2. The molecule has 3 rings (SSSR count). The SMILES string of the molecule is CC1CCCN(C(=O)C2CCN(C(=O)c3ccc(Cl)c(S(C)(=O)=O)c3)CC2)C1. The van der Waals surface area contributed by atoms with E-state index in [9.17, 15) is 18.0 Å². The third-order valence-corrected chi connectivity index (χ3v) is 7.26. The van der Waals surface area contributed by atoms with Crippen LogP contribution in [0.5, 0.6) is 0 Å². The molecule has 6 nitrogen and oxygen atoms in total. The summed E-state index contributed by atoms with van der Waals surface area (Å²) in [6.07, 6.45) is 4.59. The van der Waals surface area contributed by atoms with Crippen molar-refractivity contribution in [1.82, 2.24) is 9.80 Å². The Morgan fingerprint density at radius 1 is 1.07 bits per heavy atom. The summed E-state index contributed by atoms with van der Waals surface area (Å²) in [5.74, 6) is 0.503. The molecule has 2 aliphatic heterocycles. The molecule has 2 saturated heterocycles. The predicted molar refractivity (Wildman–Crippen MR) is 108 cm³/mol. The average Bonchev–Trinajstić information content (AvgIpc) is 2.66. The topological polar surface area (TPSA) is 74.8 Å². The van der Waals surface area contributed by atoms with Gasteiger partial charge in [0.2, 0.25) is 5.91 Å². The lowest BCUT2D eigenvalue weighted by atomic mass is 9.92. The van der Waals surface area contributed by atoms with E-state index in [0.717, 1.165) is 25.8 Å². The molecular weight excluding hydrogens is 400 g/mol. The van der Waals surface area contributed by atoms with Gasteiger partial charge in [-0.2, -0.15) is 0 Å². The van der Waals surface area contributed by atoms with E-state index in [1.807, 2.05) is 4.90 Å². The smallest absolute Gasteiger partial charge is 0.253 e. The summed E-state index contributed by atoms with van der Waals surface area (Å²) in [5.41, 5.74) is 0.305. The number of piperidine rings is 2. The Morgan fingerprint density at radius 2 is 1.75 bits per heavy atom. The van der Waals surface area contributed by atoms with Crippen LogP contribution in [0.2, 0.25) is 5.02 Å². The fourth-order valence-electron chi connectivity index (χ4n) is 4.08. The zero-order valence-corrected chi connectivity index (χ0v) is 17.9. The van der Waals surface area contributed by atoms with Gasteiger partial charge in [-0.15, -0.1) is 0 Å². The number of rotatable bonds is 3. The molecule has 0 N–H and O–H groups in total. The molecule has 2 aliphatic rings. The lowest BCUT2D eigenvalue weighted by Crippen LogP contribution is -2.47. The van der Waals surface area contributed by atoms with Crippen molar-refractivity contribution in [2.45, 2.75) is 37.5 Å². The normalized spacial score (nSPS) is 21.6. The summed E-state index contributed by atoms with van der Waals surface area (Å²) in [5, 5.41) is 0.110. The van der Waals surface area contributed by atoms with Crippen molar-refractivity contribution >= 4 is 33.3 Å². The molecule has 1 aromatic carbocycles. The van der Waals surface area contributed by atoms with Crippen LogP contribution in [0, 0.1) is 11.8 Å². The van der Waals surface area contributed by atoms with Gasteiger partial charge in [0.15, 0.2) is 9.84 Å². The Hall–Kier alpha value is -1.60. The van der Waals surface area contributed by atoms with Gasteiger partial charge >= 0.3 is 0 Å². The summed E-state index contributed by atoms with van der Waals surface area (Å²) in [6, 6.07) is 4.33. The highest BCUT2D eigenvalue weighted by Gasteiger charge is 2.32. The summed E-state index contributed by atoms with van der Waals surface area (Å²) in [7, 11) is -3.51. The molecule has 0 aliphatic carbocycles. The van der Waals surface area contributed by atoms with Crippen molar-refractivity contribution in [3.05, 3.63) is 28.8 Å². The highest BCUT2D eigenvalue weighted by Crippen LogP contribution is 2.26. The Balaban J connectivity index is 1.63. The van der Waals surface area contributed by atoms with Gasteiger partial charge in [0.05, 0.1) is 9.92 Å². The van der Waals surface area contributed by atoms with Gasteiger partial charge in [-0.1, -0.05) is 18.5 Å². The van der Waals surface area contributed by atoms with Gasteiger partial charge in [0.1, 0.15) is 0 Å². The maximum absolute atomic E-state index is 12.8. The molecule has 0 radical (unpaired) electrons. The first-order valence-corrected chi connectivity index (χ1v) is 12.0. The van der Waals surface area contributed by atoms with E-state index in [2.05, 4.69) is 6.92 Å². The second kappa shape index (κ2) is 8.41. The van der Waals surface area contributed by atoms with E-state index >= 15 is 0 Å². The Labute approximate surface area is 171 Å². The predicted octanol–water partition coefficient (Wildman–Crippen LogP) is 2.85. The van der Waals surface area contributed by atoms with Crippen LogP contribution in [0.3, 0.4) is 0 Å². The van der Waals surface area contributed by atoms with Crippen molar-refractivity contribution in [3.8, 4) is 0 Å². The van der Waals surface area contributed by atoms with Crippen molar-refractivity contribution < 1.29 is 18.0 Å². The number of carbonyl (C=O) groups excluding carboxylic acids is 2. The minimum Gasteiger partial charge on any atom is -0.342 e. The lowest BCUT2D eigenvalue weighted by molar-refractivity contribution is -0.138. The Bertz CT molecular complexity index is 863. The summed E-state index contributed by atoms with van der Waals surface area (Å²) in [6.45, 7) is 4.83. The first-order chi connectivity index (χ1) is 13.2. The van der Waals surface area contributed by atoms with Crippen molar-refractivity contribution in [2.24, 2.45) is 11.8 Å². The number of sulfone groups is 1. The average molecular weight is 427 g/mol. The van der Waals surface area contributed by atoms with Crippen LogP contribution in [0.4, 0.5) is 0 Å². The molecule has 0 aromatic heterocycles. The van der Waals surface area contributed by atoms with Crippen molar-refractivity contribution in [3.63, 3.8) is 0 Å². The van der Waals surface area contributed by atoms with Crippen LogP contribution in [0.25, 0.3) is 0 Å². The van der Waals surface area contributed by atoms with Gasteiger partial charge in [-0.05, 0) is 49.8 Å². The molecule has 2 amide bonds. The van der Waals surface area contributed by atoms with Crippen LogP contribution in [0.1, 0.15) is 43.0 Å². The molecule has 154 valence electrons. The van der Waals surface area contributed by atoms with Gasteiger partial charge in [-0.3, -0.25) is 9.59 Å². The molecule has 1 unspecified atom stereocenters. The van der Waals surface area contributed by atoms with Gasteiger partial charge < -0.3 is 9.80 Å². The fourth-order valence-corrected chi connectivity index (χ4v) is 5.38. The number of hydrogen-bond donors (Lipinski definition) is 0. The number of benzene rings is 1. The number of likely N-dealkylation sites (tertiary alicyclic amines) is 2.